The van der Waals surface area contributed by atoms with Crippen LogP contribution in [0.4, 0.5) is 4.79 Å². The Kier molecular flexibility index (Phi) is 31.6. The third-order valence-electron chi connectivity index (χ3n) is 7.81. The number of hydrogen-bond donors (Lipinski definition) is 2. The molecule has 0 aliphatic heterocycles. The zero-order chi connectivity index (χ0) is 26.2. The smallest absolute Gasteiger partial charge is 0.404 e. The van der Waals surface area contributed by atoms with Crippen LogP contribution < -0.4 is 5.32 Å². The van der Waals surface area contributed by atoms with Gasteiger partial charge in [0.05, 0.1) is 0 Å². The van der Waals surface area contributed by atoms with Crippen LogP contribution in [-0.2, 0) is 0 Å². The molecule has 0 aromatic rings. The summed E-state index contributed by atoms with van der Waals surface area (Å²) in [5.41, 5.74) is 0. The first-order valence-electron chi connectivity index (χ1n) is 16.7. The zero-order valence-corrected chi connectivity index (χ0v) is 24.8. The molecular formula is C33H67NO2. The highest BCUT2D eigenvalue weighted by Gasteiger charge is 1.97. The van der Waals surface area contributed by atoms with Crippen LogP contribution in [0.25, 0.3) is 0 Å². The monoisotopic (exact) mass is 510 g/mol. The quantitative estimate of drug-likeness (QED) is 0.0913. The summed E-state index contributed by atoms with van der Waals surface area (Å²) in [5, 5.41) is 10.9. The molecule has 0 fully saturated rings. The third-order valence-corrected chi connectivity index (χ3v) is 7.81. The molecule has 2 N–H and O–H groups in total. The van der Waals surface area contributed by atoms with Crippen LogP contribution in [0.15, 0.2) is 0 Å². The van der Waals surface area contributed by atoms with Gasteiger partial charge >= 0.3 is 6.09 Å². The van der Waals surface area contributed by atoms with Gasteiger partial charge in [0.15, 0.2) is 0 Å². The lowest BCUT2D eigenvalue weighted by molar-refractivity contribution is 0.194. The average Bonchev–Trinajstić information content (AvgIpc) is 2.87. The Morgan fingerprint density at radius 1 is 0.389 bits per heavy atom. The largest absolute Gasteiger partial charge is 0.465 e. The summed E-state index contributed by atoms with van der Waals surface area (Å²) in [6.07, 6.45) is 41.5. The molecular weight excluding hydrogens is 442 g/mol. The van der Waals surface area contributed by atoms with Crippen LogP contribution >= 0.6 is 0 Å². The topological polar surface area (TPSA) is 49.3 Å². The molecule has 0 aromatic heterocycles. The van der Waals surface area contributed by atoms with Gasteiger partial charge in [-0.2, -0.15) is 0 Å². The second kappa shape index (κ2) is 32.3. The molecule has 36 heavy (non-hydrogen) atoms. The maximum absolute atomic E-state index is 10.4. The maximum atomic E-state index is 10.4. The SMILES string of the molecule is CCCCCCCCCCCCCCCCCCCCCCCCCCCCCCCCNC(=O)O. The minimum absolute atomic E-state index is 0.606. The van der Waals surface area contributed by atoms with Crippen molar-refractivity contribution in [1.82, 2.24) is 5.32 Å². The number of amides is 1. The van der Waals surface area contributed by atoms with E-state index >= 15 is 0 Å². The van der Waals surface area contributed by atoms with E-state index in [0.717, 1.165) is 12.8 Å². The molecule has 3 heteroatoms. The predicted octanol–water partition coefficient (Wildman–Crippen LogP) is 12.0. The Morgan fingerprint density at radius 2 is 0.583 bits per heavy atom. The fourth-order valence-corrected chi connectivity index (χ4v) is 5.34. The molecule has 3 nitrogen and oxygen atoms in total. The van der Waals surface area contributed by atoms with Gasteiger partial charge in [-0.15, -0.1) is 0 Å². The van der Waals surface area contributed by atoms with Crippen LogP contribution in [0.5, 0.6) is 0 Å². The van der Waals surface area contributed by atoms with Crippen LogP contribution in [-0.4, -0.2) is 17.7 Å². The van der Waals surface area contributed by atoms with Crippen molar-refractivity contribution in [3.8, 4) is 0 Å². The summed E-state index contributed by atoms with van der Waals surface area (Å²) in [5.74, 6) is 0. The van der Waals surface area contributed by atoms with Crippen molar-refractivity contribution < 1.29 is 9.90 Å². The lowest BCUT2D eigenvalue weighted by atomic mass is 10.0. The summed E-state index contributed by atoms with van der Waals surface area (Å²) >= 11 is 0. The minimum Gasteiger partial charge on any atom is -0.465 e. The Labute approximate surface area is 227 Å². The molecule has 0 radical (unpaired) electrons. The molecule has 0 heterocycles. The summed E-state index contributed by atoms with van der Waals surface area (Å²) < 4.78 is 0. The van der Waals surface area contributed by atoms with Crippen LogP contribution in [0.1, 0.15) is 200 Å². The van der Waals surface area contributed by atoms with Crippen LogP contribution in [0.3, 0.4) is 0 Å². The van der Waals surface area contributed by atoms with Crippen molar-refractivity contribution >= 4 is 6.09 Å². The summed E-state index contributed by atoms with van der Waals surface area (Å²) in [6.45, 7) is 2.91. The first kappa shape index (κ1) is 35.3. The van der Waals surface area contributed by atoms with Crippen molar-refractivity contribution in [2.75, 3.05) is 6.54 Å². The standard InChI is InChI=1S/C33H67NO2/c1-2-3-4-5-6-7-8-9-10-11-12-13-14-15-16-17-18-19-20-21-22-23-24-25-26-27-28-29-30-31-32-34-33(35)36/h34H,2-32H2,1H3,(H,35,36). The molecule has 216 valence electrons. The van der Waals surface area contributed by atoms with Gasteiger partial charge in [0, 0.05) is 6.54 Å². The predicted molar refractivity (Wildman–Crippen MR) is 160 cm³/mol. The number of carboxylic acid groups (broad SMARTS) is 1. The van der Waals surface area contributed by atoms with Gasteiger partial charge in [-0.3, -0.25) is 0 Å². The van der Waals surface area contributed by atoms with Crippen molar-refractivity contribution in [1.29, 1.82) is 0 Å². The van der Waals surface area contributed by atoms with Gasteiger partial charge in [-0.05, 0) is 6.42 Å². The highest BCUT2D eigenvalue weighted by molar-refractivity contribution is 5.64. The molecule has 0 saturated heterocycles. The second-order valence-electron chi connectivity index (χ2n) is 11.5. The Balaban J connectivity index is 3.02. The van der Waals surface area contributed by atoms with Crippen molar-refractivity contribution in [2.45, 2.75) is 200 Å². The van der Waals surface area contributed by atoms with Gasteiger partial charge in [-0.1, -0.05) is 193 Å². The van der Waals surface area contributed by atoms with Crippen molar-refractivity contribution in [3.63, 3.8) is 0 Å². The summed E-state index contributed by atoms with van der Waals surface area (Å²) in [4.78, 5) is 10.4. The van der Waals surface area contributed by atoms with Gasteiger partial charge in [0.2, 0.25) is 0 Å². The highest BCUT2D eigenvalue weighted by atomic mass is 16.4. The van der Waals surface area contributed by atoms with E-state index in [4.69, 9.17) is 5.11 Å². The van der Waals surface area contributed by atoms with Gasteiger partial charge < -0.3 is 10.4 Å². The molecule has 0 aromatic carbocycles. The van der Waals surface area contributed by atoms with E-state index in [2.05, 4.69) is 12.2 Å². The fourth-order valence-electron chi connectivity index (χ4n) is 5.34. The van der Waals surface area contributed by atoms with Crippen LogP contribution in [0.2, 0.25) is 0 Å². The van der Waals surface area contributed by atoms with E-state index in [1.165, 1.54) is 180 Å². The maximum Gasteiger partial charge on any atom is 0.404 e. The normalized spacial score (nSPS) is 11.2. The summed E-state index contributed by atoms with van der Waals surface area (Å²) in [6, 6.07) is 0. The zero-order valence-electron chi connectivity index (χ0n) is 24.8. The molecule has 0 atom stereocenters. The minimum atomic E-state index is -0.898. The number of nitrogens with one attached hydrogen (secondary N) is 1. The molecule has 1 amide bonds. The van der Waals surface area contributed by atoms with Crippen LogP contribution in [0, 0.1) is 0 Å². The van der Waals surface area contributed by atoms with E-state index < -0.39 is 6.09 Å². The Bertz CT molecular complexity index is 412. The van der Waals surface area contributed by atoms with E-state index in [1.807, 2.05) is 0 Å². The van der Waals surface area contributed by atoms with E-state index in [1.54, 1.807) is 0 Å². The fraction of sp³-hybridized carbons (Fsp3) is 0.970. The highest BCUT2D eigenvalue weighted by Crippen LogP contribution is 2.16. The van der Waals surface area contributed by atoms with E-state index in [9.17, 15) is 4.79 Å². The van der Waals surface area contributed by atoms with Gasteiger partial charge in [0.25, 0.3) is 0 Å². The molecule has 0 aliphatic rings. The lowest BCUT2D eigenvalue weighted by Crippen LogP contribution is -2.21. The summed E-state index contributed by atoms with van der Waals surface area (Å²) in [7, 11) is 0. The lowest BCUT2D eigenvalue weighted by Gasteiger charge is -2.05. The molecule has 0 rings (SSSR count). The van der Waals surface area contributed by atoms with E-state index in [-0.39, 0.29) is 0 Å². The first-order valence-corrected chi connectivity index (χ1v) is 16.7. The molecule has 0 saturated carbocycles. The van der Waals surface area contributed by atoms with Gasteiger partial charge in [0.1, 0.15) is 0 Å². The van der Waals surface area contributed by atoms with Crippen molar-refractivity contribution in [2.24, 2.45) is 0 Å². The first-order chi connectivity index (χ1) is 17.8. The molecule has 0 aliphatic carbocycles. The Morgan fingerprint density at radius 3 is 0.778 bits per heavy atom. The molecule has 0 unspecified atom stereocenters. The van der Waals surface area contributed by atoms with Crippen molar-refractivity contribution in [3.05, 3.63) is 0 Å². The number of unbranched alkanes of at least 4 members (excludes halogenated alkanes) is 29. The number of rotatable bonds is 31. The average molecular weight is 510 g/mol. The molecule has 0 spiro atoms. The van der Waals surface area contributed by atoms with E-state index in [0.29, 0.717) is 6.54 Å². The second-order valence-corrected chi connectivity index (χ2v) is 11.5. The molecule has 0 bridgehead atoms. The third kappa shape index (κ3) is 33.3. The van der Waals surface area contributed by atoms with Gasteiger partial charge in [-0.25, -0.2) is 4.79 Å². The Hall–Kier alpha value is -0.730. The number of carbonyl (C=O) groups is 1. The number of hydrogen-bond acceptors (Lipinski definition) is 1.